The topological polar surface area (TPSA) is 115 Å². The fraction of sp³-hybridized carbons (Fsp3) is 0.0952. The molecule has 30 heavy (non-hydrogen) atoms. The van der Waals surface area contributed by atoms with Crippen LogP contribution in [0.2, 0.25) is 0 Å². The summed E-state index contributed by atoms with van der Waals surface area (Å²) in [5, 5.41) is 13.3. The zero-order valence-electron chi connectivity index (χ0n) is 15.9. The van der Waals surface area contributed by atoms with E-state index in [0.717, 1.165) is 11.1 Å². The van der Waals surface area contributed by atoms with E-state index >= 15 is 0 Å². The summed E-state index contributed by atoms with van der Waals surface area (Å²) in [6, 6.07) is 20.5. The van der Waals surface area contributed by atoms with Crippen molar-refractivity contribution in [2.75, 3.05) is 5.32 Å². The van der Waals surface area contributed by atoms with Gasteiger partial charge in [-0.05, 0) is 5.56 Å². The number of hydrogen-bond acceptors (Lipinski definition) is 6. The molecule has 0 unspecified atom stereocenters. The van der Waals surface area contributed by atoms with Crippen LogP contribution in [0.3, 0.4) is 0 Å². The SMILES string of the molecule is O=C(Cn1cnc(NC(=O)c2cc(-c3ccccc3)no2)n1)NCc1ccccc1. The van der Waals surface area contributed by atoms with Crippen LogP contribution in [0.15, 0.2) is 77.6 Å². The molecule has 4 rings (SSSR count). The van der Waals surface area contributed by atoms with E-state index in [1.165, 1.54) is 11.0 Å². The van der Waals surface area contributed by atoms with E-state index in [4.69, 9.17) is 4.52 Å². The van der Waals surface area contributed by atoms with Crippen LogP contribution in [0.25, 0.3) is 11.3 Å². The molecule has 2 N–H and O–H groups in total. The van der Waals surface area contributed by atoms with Gasteiger partial charge < -0.3 is 9.84 Å². The van der Waals surface area contributed by atoms with Crippen LogP contribution in [-0.4, -0.2) is 31.7 Å². The van der Waals surface area contributed by atoms with Crippen LogP contribution in [0.5, 0.6) is 0 Å². The van der Waals surface area contributed by atoms with Crippen molar-refractivity contribution in [2.24, 2.45) is 0 Å². The summed E-state index contributed by atoms with van der Waals surface area (Å²) in [6.45, 7) is 0.406. The van der Waals surface area contributed by atoms with Gasteiger partial charge in [0.15, 0.2) is 0 Å². The van der Waals surface area contributed by atoms with Crippen molar-refractivity contribution in [3.63, 3.8) is 0 Å². The Labute approximate surface area is 171 Å². The van der Waals surface area contributed by atoms with Gasteiger partial charge in [-0.2, -0.15) is 0 Å². The molecule has 9 heteroatoms. The Hall–Kier alpha value is -4.27. The Kier molecular flexibility index (Phi) is 5.61. The highest BCUT2D eigenvalue weighted by Gasteiger charge is 2.16. The minimum Gasteiger partial charge on any atom is -0.350 e. The van der Waals surface area contributed by atoms with E-state index in [2.05, 4.69) is 25.9 Å². The van der Waals surface area contributed by atoms with Crippen molar-refractivity contribution in [1.29, 1.82) is 0 Å². The molecule has 2 amide bonds. The van der Waals surface area contributed by atoms with Crippen molar-refractivity contribution in [1.82, 2.24) is 25.2 Å². The first kappa shape index (κ1) is 19.1. The molecule has 0 radical (unpaired) electrons. The van der Waals surface area contributed by atoms with Gasteiger partial charge in [0, 0.05) is 18.2 Å². The van der Waals surface area contributed by atoms with Gasteiger partial charge in [-0.3, -0.25) is 14.9 Å². The van der Waals surface area contributed by atoms with Gasteiger partial charge in [0.2, 0.25) is 17.6 Å². The first-order valence-corrected chi connectivity index (χ1v) is 9.21. The zero-order chi connectivity index (χ0) is 20.8. The average molecular weight is 402 g/mol. The Bertz CT molecular complexity index is 1140. The van der Waals surface area contributed by atoms with Crippen LogP contribution in [0, 0.1) is 0 Å². The molecule has 2 heterocycles. The number of aromatic nitrogens is 4. The van der Waals surface area contributed by atoms with Crippen molar-refractivity contribution in [2.45, 2.75) is 13.1 Å². The maximum atomic E-state index is 12.3. The number of carbonyl (C=O) groups excluding carboxylic acids is 2. The summed E-state index contributed by atoms with van der Waals surface area (Å²) in [5.41, 5.74) is 2.39. The number of amides is 2. The lowest BCUT2D eigenvalue weighted by Gasteiger charge is -2.04. The molecule has 9 nitrogen and oxygen atoms in total. The molecule has 0 aliphatic heterocycles. The molecule has 150 valence electrons. The van der Waals surface area contributed by atoms with Crippen LogP contribution < -0.4 is 10.6 Å². The van der Waals surface area contributed by atoms with Crippen molar-refractivity contribution in [3.8, 4) is 11.3 Å². The molecule has 0 saturated heterocycles. The van der Waals surface area contributed by atoms with E-state index in [0.29, 0.717) is 12.2 Å². The lowest BCUT2D eigenvalue weighted by Crippen LogP contribution is -2.27. The van der Waals surface area contributed by atoms with E-state index < -0.39 is 5.91 Å². The van der Waals surface area contributed by atoms with Crippen molar-refractivity contribution < 1.29 is 14.1 Å². The lowest BCUT2D eigenvalue weighted by atomic mass is 10.1. The largest absolute Gasteiger partial charge is 0.350 e. The number of rotatable bonds is 7. The monoisotopic (exact) mass is 402 g/mol. The highest BCUT2D eigenvalue weighted by molar-refractivity contribution is 6.01. The number of benzene rings is 2. The molecule has 0 fully saturated rings. The van der Waals surface area contributed by atoms with Gasteiger partial charge in [-0.25, -0.2) is 9.67 Å². The summed E-state index contributed by atoms with van der Waals surface area (Å²) in [5.74, 6) is -0.653. The number of anilines is 1. The van der Waals surface area contributed by atoms with Gasteiger partial charge in [0.05, 0.1) is 0 Å². The number of carbonyl (C=O) groups is 2. The predicted molar refractivity (Wildman–Crippen MR) is 108 cm³/mol. The summed E-state index contributed by atoms with van der Waals surface area (Å²) >= 11 is 0. The highest BCUT2D eigenvalue weighted by Crippen LogP contribution is 2.18. The normalized spacial score (nSPS) is 10.5. The minimum atomic E-state index is -0.532. The Morgan fingerprint density at radius 2 is 1.73 bits per heavy atom. The second-order valence-corrected chi connectivity index (χ2v) is 6.42. The van der Waals surface area contributed by atoms with Crippen molar-refractivity contribution in [3.05, 3.63) is 84.4 Å². The fourth-order valence-corrected chi connectivity index (χ4v) is 2.72. The average Bonchev–Trinajstić information content (AvgIpc) is 3.44. The smallest absolute Gasteiger partial charge is 0.296 e. The molecule has 0 atom stereocenters. The maximum Gasteiger partial charge on any atom is 0.296 e. The zero-order valence-corrected chi connectivity index (χ0v) is 15.9. The second-order valence-electron chi connectivity index (χ2n) is 6.42. The van der Waals surface area contributed by atoms with Gasteiger partial charge >= 0.3 is 0 Å². The summed E-state index contributed by atoms with van der Waals surface area (Å²) in [6.07, 6.45) is 1.37. The molecule has 4 aromatic rings. The van der Waals surface area contributed by atoms with Crippen molar-refractivity contribution >= 4 is 17.8 Å². The van der Waals surface area contributed by atoms with Gasteiger partial charge in [0.1, 0.15) is 18.6 Å². The molecule has 0 aliphatic rings. The summed E-state index contributed by atoms with van der Waals surface area (Å²) < 4.78 is 6.45. The third-order valence-corrected chi connectivity index (χ3v) is 4.20. The van der Waals surface area contributed by atoms with Crippen LogP contribution in [0.4, 0.5) is 5.95 Å². The Morgan fingerprint density at radius 1 is 1.00 bits per heavy atom. The third-order valence-electron chi connectivity index (χ3n) is 4.20. The van der Waals surface area contributed by atoms with Crippen LogP contribution >= 0.6 is 0 Å². The molecule has 2 aromatic carbocycles. The predicted octanol–water partition coefficient (Wildman–Crippen LogP) is 2.50. The van der Waals surface area contributed by atoms with E-state index in [1.807, 2.05) is 60.7 Å². The van der Waals surface area contributed by atoms with Gasteiger partial charge in [0.25, 0.3) is 5.91 Å². The fourth-order valence-electron chi connectivity index (χ4n) is 2.72. The molecule has 0 spiro atoms. The minimum absolute atomic E-state index is 0.0177. The quantitative estimate of drug-likeness (QED) is 0.491. The molecule has 0 aliphatic carbocycles. The summed E-state index contributed by atoms with van der Waals surface area (Å²) in [4.78, 5) is 28.4. The molecule has 0 bridgehead atoms. The number of nitrogens with one attached hydrogen (secondary N) is 2. The van der Waals surface area contributed by atoms with E-state index in [9.17, 15) is 9.59 Å². The molecular weight excluding hydrogens is 384 g/mol. The van der Waals surface area contributed by atoms with E-state index in [1.54, 1.807) is 6.07 Å². The Balaban J connectivity index is 1.31. The number of nitrogens with zero attached hydrogens (tertiary/aromatic N) is 4. The molecule has 0 saturated carbocycles. The third kappa shape index (κ3) is 4.76. The van der Waals surface area contributed by atoms with Gasteiger partial charge in [-0.15, -0.1) is 5.10 Å². The molecular formula is C21H18N6O3. The first-order valence-electron chi connectivity index (χ1n) is 9.21. The standard InChI is InChI=1S/C21H18N6O3/c28-19(22-12-15-7-3-1-4-8-15)13-27-14-23-21(25-27)24-20(29)18-11-17(26-30-18)16-9-5-2-6-10-16/h1-11,14H,12-13H2,(H,22,28)(H,24,25,29). The maximum absolute atomic E-state index is 12.3. The van der Waals surface area contributed by atoms with Crippen LogP contribution in [0.1, 0.15) is 16.1 Å². The Morgan fingerprint density at radius 3 is 2.50 bits per heavy atom. The number of hydrogen-bond donors (Lipinski definition) is 2. The summed E-state index contributed by atoms with van der Waals surface area (Å²) in [7, 11) is 0. The van der Waals surface area contributed by atoms with Gasteiger partial charge in [-0.1, -0.05) is 65.8 Å². The lowest BCUT2D eigenvalue weighted by molar-refractivity contribution is -0.122. The van der Waals surface area contributed by atoms with Crippen LogP contribution in [-0.2, 0) is 17.9 Å². The second kappa shape index (κ2) is 8.82. The first-order chi connectivity index (χ1) is 14.7. The molecule has 2 aromatic heterocycles. The van der Waals surface area contributed by atoms with E-state index in [-0.39, 0.29) is 24.2 Å². The highest BCUT2D eigenvalue weighted by atomic mass is 16.5.